The number of aromatic nitrogens is 1. The Kier molecular flexibility index (Phi) is 2.82. The van der Waals surface area contributed by atoms with Crippen LogP contribution in [0.5, 0.6) is 5.75 Å². The summed E-state index contributed by atoms with van der Waals surface area (Å²) in [5, 5.41) is 11.3. The fourth-order valence-electron chi connectivity index (χ4n) is 1.79. The highest BCUT2D eigenvalue weighted by molar-refractivity contribution is 7.13. The predicted molar refractivity (Wildman–Crippen MR) is 74.7 cm³/mol. The average molecular weight is 253 g/mol. The second-order valence-electron chi connectivity index (χ2n) is 3.96. The molecule has 0 unspecified atom stereocenters. The molecule has 0 aliphatic carbocycles. The maximum atomic E-state index is 9.25. The zero-order chi connectivity index (χ0) is 12.4. The Morgan fingerprint density at radius 1 is 0.889 bits per heavy atom. The van der Waals surface area contributed by atoms with Crippen LogP contribution in [0.2, 0.25) is 0 Å². The number of pyridine rings is 1. The summed E-state index contributed by atoms with van der Waals surface area (Å²) in [6.07, 6.45) is 1.88. The Labute approximate surface area is 109 Å². The molecular weight excluding hydrogens is 242 g/mol. The van der Waals surface area contributed by atoms with Crippen molar-refractivity contribution in [3.63, 3.8) is 0 Å². The summed E-state index contributed by atoms with van der Waals surface area (Å²) in [6.45, 7) is 0. The number of rotatable bonds is 2. The monoisotopic (exact) mass is 253 g/mol. The van der Waals surface area contributed by atoms with Gasteiger partial charge < -0.3 is 5.11 Å². The Bertz CT molecular complexity index is 627. The molecule has 1 N–H and O–H groups in total. The van der Waals surface area contributed by atoms with Gasteiger partial charge in [0.05, 0.1) is 5.69 Å². The van der Waals surface area contributed by atoms with Crippen molar-refractivity contribution in [2.75, 3.05) is 0 Å². The Morgan fingerprint density at radius 3 is 2.28 bits per heavy atom. The van der Waals surface area contributed by atoms with Gasteiger partial charge in [-0.15, -0.1) is 11.3 Å². The lowest BCUT2D eigenvalue weighted by Crippen LogP contribution is -1.83. The molecule has 3 heteroatoms. The molecule has 1 aromatic carbocycles. The van der Waals surface area contributed by atoms with Gasteiger partial charge in [-0.1, -0.05) is 6.07 Å². The molecule has 0 fully saturated rings. The summed E-state index contributed by atoms with van der Waals surface area (Å²) < 4.78 is 0. The van der Waals surface area contributed by atoms with E-state index in [2.05, 4.69) is 22.5 Å². The van der Waals surface area contributed by atoms with Crippen molar-refractivity contribution >= 4 is 11.3 Å². The number of hydrogen-bond acceptors (Lipinski definition) is 3. The standard InChI is InChI=1S/C15H11NOS/c17-13-6-3-11(4-7-13)14-8-5-12(10-16-14)15-2-1-9-18-15/h1-10,17H. The molecular formula is C15H11NOS. The summed E-state index contributed by atoms with van der Waals surface area (Å²) in [7, 11) is 0. The highest BCUT2D eigenvalue weighted by Gasteiger charge is 2.02. The third kappa shape index (κ3) is 2.13. The van der Waals surface area contributed by atoms with Gasteiger partial charge in [0, 0.05) is 22.2 Å². The molecule has 18 heavy (non-hydrogen) atoms. The number of nitrogens with zero attached hydrogens (tertiary/aromatic N) is 1. The van der Waals surface area contributed by atoms with Gasteiger partial charge in [0.2, 0.25) is 0 Å². The van der Waals surface area contributed by atoms with Crippen LogP contribution in [0.15, 0.2) is 60.1 Å². The second-order valence-corrected chi connectivity index (χ2v) is 4.90. The Balaban J connectivity index is 1.94. The van der Waals surface area contributed by atoms with E-state index in [-0.39, 0.29) is 5.75 Å². The second kappa shape index (κ2) is 4.63. The largest absolute Gasteiger partial charge is 0.508 e. The van der Waals surface area contributed by atoms with Crippen LogP contribution in [0.25, 0.3) is 21.7 Å². The normalized spacial score (nSPS) is 10.4. The Hall–Kier alpha value is -2.13. The molecule has 0 aliphatic rings. The molecule has 0 radical (unpaired) electrons. The van der Waals surface area contributed by atoms with E-state index in [0.717, 1.165) is 16.8 Å². The van der Waals surface area contributed by atoms with E-state index in [1.807, 2.05) is 30.5 Å². The summed E-state index contributed by atoms with van der Waals surface area (Å²) in [6, 6.07) is 15.3. The van der Waals surface area contributed by atoms with Gasteiger partial charge in [-0.2, -0.15) is 0 Å². The van der Waals surface area contributed by atoms with E-state index in [1.165, 1.54) is 4.88 Å². The van der Waals surface area contributed by atoms with Crippen molar-refractivity contribution in [1.82, 2.24) is 4.98 Å². The van der Waals surface area contributed by atoms with Crippen LogP contribution in [0.1, 0.15) is 0 Å². The first-order valence-electron chi connectivity index (χ1n) is 5.62. The number of hydrogen-bond donors (Lipinski definition) is 1. The molecule has 0 saturated carbocycles. The maximum Gasteiger partial charge on any atom is 0.115 e. The molecule has 0 aliphatic heterocycles. The van der Waals surface area contributed by atoms with Gasteiger partial charge in [-0.3, -0.25) is 4.98 Å². The molecule has 0 spiro atoms. The summed E-state index contributed by atoms with van der Waals surface area (Å²) in [4.78, 5) is 5.68. The minimum absolute atomic E-state index is 0.272. The fraction of sp³-hybridized carbons (Fsp3) is 0. The molecule has 0 bridgehead atoms. The minimum Gasteiger partial charge on any atom is -0.508 e. The highest BCUT2D eigenvalue weighted by Crippen LogP contribution is 2.26. The van der Waals surface area contributed by atoms with Gasteiger partial charge >= 0.3 is 0 Å². The van der Waals surface area contributed by atoms with Crippen LogP contribution < -0.4 is 0 Å². The SMILES string of the molecule is Oc1ccc(-c2ccc(-c3cccs3)cn2)cc1. The lowest BCUT2D eigenvalue weighted by molar-refractivity contribution is 0.475. The number of phenols is 1. The van der Waals surface area contributed by atoms with Crippen molar-refractivity contribution in [3.8, 4) is 27.4 Å². The molecule has 2 nitrogen and oxygen atoms in total. The van der Waals surface area contributed by atoms with Crippen LogP contribution >= 0.6 is 11.3 Å². The van der Waals surface area contributed by atoms with Crippen LogP contribution in [0.4, 0.5) is 0 Å². The minimum atomic E-state index is 0.272. The number of phenolic OH excluding ortho intramolecular Hbond substituents is 1. The quantitative estimate of drug-likeness (QED) is 0.743. The number of benzene rings is 1. The molecule has 0 amide bonds. The van der Waals surface area contributed by atoms with Crippen LogP contribution in [-0.4, -0.2) is 10.1 Å². The molecule has 88 valence electrons. The molecule has 0 saturated heterocycles. The van der Waals surface area contributed by atoms with E-state index in [0.29, 0.717) is 0 Å². The van der Waals surface area contributed by atoms with E-state index >= 15 is 0 Å². The average Bonchev–Trinajstić information content (AvgIpc) is 2.94. The molecule has 3 rings (SSSR count). The van der Waals surface area contributed by atoms with Crippen molar-refractivity contribution in [3.05, 3.63) is 60.1 Å². The van der Waals surface area contributed by atoms with Crippen LogP contribution in [-0.2, 0) is 0 Å². The molecule has 2 aromatic heterocycles. The first-order valence-corrected chi connectivity index (χ1v) is 6.50. The predicted octanol–water partition coefficient (Wildman–Crippen LogP) is 4.18. The van der Waals surface area contributed by atoms with Crippen molar-refractivity contribution in [1.29, 1.82) is 0 Å². The summed E-state index contributed by atoms with van der Waals surface area (Å²) in [5.41, 5.74) is 3.05. The molecule has 3 aromatic rings. The third-order valence-corrected chi connectivity index (χ3v) is 3.65. The number of aromatic hydroxyl groups is 1. The van der Waals surface area contributed by atoms with Crippen molar-refractivity contribution in [2.24, 2.45) is 0 Å². The van der Waals surface area contributed by atoms with Crippen LogP contribution in [0.3, 0.4) is 0 Å². The van der Waals surface area contributed by atoms with Crippen molar-refractivity contribution < 1.29 is 5.11 Å². The first kappa shape index (κ1) is 11.0. The van der Waals surface area contributed by atoms with Gasteiger partial charge in [0.15, 0.2) is 0 Å². The smallest absolute Gasteiger partial charge is 0.115 e. The van der Waals surface area contributed by atoms with E-state index < -0.39 is 0 Å². The van der Waals surface area contributed by atoms with E-state index in [9.17, 15) is 5.11 Å². The van der Waals surface area contributed by atoms with Crippen LogP contribution in [0, 0.1) is 0 Å². The maximum absolute atomic E-state index is 9.25. The van der Waals surface area contributed by atoms with Gasteiger partial charge in [0.25, 0.3) is 0 Å². The van der Waals surface area contributed by atoms with Crippen molar-refractivity contribution in [2.45, 2.75) is 0 Å². The summed E-state index contributed by atoms with van der Waals surface area (Å²) >= 11 is 1.71. The molecule has 2 heterocycles. The Morgan fingerprint density at radius 2 is 1.67 bits per heavy atom. The first-order chi connectivity index (χ1) is 8.83. The zero-order valence-electron chi connectivity index (χ0n) is 9.58. The van der Waals surface area contributed by atoms with E-state index in [4.69, 9.17) is 0 Å². The van der Waals surface area contributed by atoms with E-state index in [1.54, 1.807) is 23.5 Å². The third-order valence-electron chi connectivity index (χ3n) is 2.73. The fourth-order valence-corrected chi connectivity index (χ4v) is 2.50. The van der Waals surface area contributed by atoms with Gasteiger partial charge in [0.1, 0.15) is 5.75 Å². The van der Waals surface area contributed by atoms with Gasteiger partial charge in [-0.25, -0.2) is 0 Å². The zero-order valence-corrected chi connectivity index (χ0v) is 10.4. The molecule has 0 atom stereocenters. The highest BCUT2D eigenvalue weighted by atomic mass is 32.1. The summed E-state index contributed by atoms with van der Waals surface area (Å²) in [5.74, 6) is 0.272. The topological polar surface area (TPSA) is 33.1 Å². The lowest BCUT2D eigenvalue weighted by atomic mass is 10.1. The number of thiophene rings is 1. The lowest BCUT2D eigenvalue weighted by Gasteiger charge is -2.02. The van der Waals surface area contributed by atoms with Gasteiger partial charge in [-0.05, 0) is 47.8 Å².